The fraction of sp³-hybridized carbons (Fsp3) is 0.545. The number of hydrogen-bond acceptors (Lipinski definition) is 4. The van der Waals surface area contributed by atoms with Gasteiger partial charge in [0.05, 0.1) is 6.61 Å². The third-order valence-electron chi connectivity index (χ3n) is 2.45. The summed E-state index contributed by atoms with van der Waals surface area (Å²) in [6, 6.07) is 1.92. The second-order valence-electron chi connectivity index (χ2n) is 3.90. The molecule has 1 aliphatic carbocycles. The number of rotatable bonds is 5. The van der Waals surface area contributed by atoms with Gasteiger partial charge in [-0.15, -0.1) is 11.3 Å². The quantitative estimate of drug-likeness (QED) is 0.835. The minimum absolute atomic E-state index is 0.232. The Morgan fingerprint density at radius 3 is 2.94 bits per heavy atom. The van der Waals surface area contributed by atoms with Gasteiger partial charge in [-0.25, -0.2) is 4.79 Å². The fourth-order valence-electron chi connectivity index (χ4n) is 1.48. The monoisotopic (exact) mass is 337 g/mol. The molecule has 0 aromatic carbocycles. The molecule has 1 aliphatic rings. The molecule has 6 heteroatoms. The first-order chi connectivity index (χ1) is 8.11. The van der Waals surface area contributed by atoms with Crippen molar-refractivity contribution >= 4 is 44.8 Å². The van der Waals surface area contributed by atoms with E-state index in [1.165, 1.54) is 11.3 Å². The number of nitrogens with one attached hydrogen (secondary N) is 1. The zero-order valence-corrected chi connectivity index (χ0v) is 12.5. The average molecular weight is 339 g/mol. The maximum absolute atomic E-state index is 11.9. The summed E-state index contributed by atoms with van der Waals surface area (Å²) in [5.41, 5.74) is 0. The van der Waals surface area contributed by atoms with E-state index in [2.05, 4.69) is 21.2 Å². The van der Waals surface area contributed by atoms with Crippen molar-refractivity contribution in [3.8, 4) is 0 Å². The van der Waals surface area contributed by atoms with Gasteiger partial charge in [0.1, 0.15) is 10.4 Å². The van der Waals surface area contributed by atoms with Crippen LogP contribution in [0.4, 0.5) is 0 Å². The van der Waals surface area contributed by atoms with Crippen molar-refractivity contribution in [1.29, 1.82) is 0 Å². The van der Waals surface area contributed by atoms with Crippen LogP contribution in [0.15, 0.2) is 10.5 Å². The van der Waals surface area contributed by atoms with Crippen LogP contribution in [0.1, 0.15) is 30.7 Å². The topological polar surface area (TPSA) is 38.3 Å². The Labute approximate surface area is 118 Å². The van der Waals surface area contributed by atoms with Gasteiger partial charge in [0, 0.05) is 15.4 Å². The fourth-order valence-corrected chi connectivity index (χ4v) is 3.27. The summed E-state index contributed by atoms with van der Waals surface area (Å²) >= 11 is 10.8. The van der Waals surface area contributed by atoms with Gasteiger partial charge in [-0.2, -0.15) is 0 Å². The summed E-state index contributed by atoms with van der Waals surface area (Å²) in [5, 5.41) is 3.29. The van der Waals surface area contributed by atoms with E-state index in [-0.39, 0.29) is 5.97 Å². The van der Waals surface area contributed by atoms with Crippen LogP contribution in [0.5, 0.6) is 0 Å². The van der Waals surface area contributed by atoms with Gasteiger partial charge >= 0.3 is 5.97 Å². The molecule has 0 spiro atoms. The number of ether oxygens (including phenoxy) is 1. The van der Waals surface area contributed by atoms with Gasteiger partial charge in [-0.05, 0) is 41.8 Å². The minimum Gasteiger partial charge on any atom is -0.465 e. The molecule has 0 aliphatic heterocycles. The first-order valence-corrected chi connectivity index (χ1v) is 7.48. The summed E-state index contributed by atoms with van der Waals surface area (Å²) in [7, 11) is 0. The number of hydrogen-bond donors (Lipinski definition) is 1. The lowest BCUT2D eigenvalue weighted by Gasteiger charge is -2.15. The minimum atomic E-state index is -0.392. The first-order valence-electron chi connectivity index (χ1n) is 5.49. The highest BCUT2D eigenvalue weighted by atomic mass is 79.9. The predicted molar refractivity (Wildman–Crippen MR) is 72.6 cm³/mol. The summed E-state index contributed by atoms with van der Waals surface area (Å²) in [5.74, 6) is -0.232. The van der Waals surface area contributed by atoms with E-state index >= 15 is 0 Å². The summed E-state index contributed by atoms with van der Waals surface area (Å²) in [6.45, 7) is 2.20. The molecule has 0 amide bonds. The Kier molecular flexibility index (Phi) is 4.47. The Balaban J connectivity index is 2.15. The molecule has 1 fully saturated rings. The lowest BCUT2D eigenvalue weighted by molar-refractivity contribution is -0.145. The van der Waals surface area contributed by atoms with Crippen LogP contribution in [0.3, 0.4) is 0 Å². The first kappa shape index (κ1) is 13.3. The van der Waals surface area contributed by atoms with Gasteiger partial charge in [0.2, 0.25) is 0 Å². The smallest absolute Gasteiger partial charge is 0.328 e. The highest BCUT2D eigenvalue weighted by Gasteiger charge is 2.31. The lowest BCUT2D eigenvalue weighted by Crippen LogP contribution is -2.31. The zero-order valence-electron chi connectivity index (χ0n) is 9.33. The van der Waals surface area contributed by atoms with Gasteiger partial charge in [-0.3, -0.25) is 5.32 Å². The maximum atomic E-state index is 11.9. The second-order valence-corrected chi connectivity index (χ2v) is 6.44. The molecule has 1 heterocycles. The highest BCUT2D eigenvalue weighted by Crippen LogP contribution is 2.36. The second kappa shape index (κ2) is 5.69. The third-order valence-corrected chi connectivity index (χ3v) is 4.99. The molecule has 0 bridgehead atoms. The molecule has 0 saturated heterocycles. The van der Waals surface area contributed by atoms with E-state index in [1.807, 2.05) is 13.0 Å². The largest absolute Gasteiger partial charge is 0.465 e. The highest BCUT2D eigenvalue weighted by molar-refractivity contribution is 9.10. The molecule has 2 rings (SSSR count). The van der Waals surface area contributed by atoms with Crippen molar-refractivity contribution in [2.75, 3.05) is 6.61 Å². The van der Waals surface area contributed by atoms with Crippen LogP contribution in [0, 0.1) is 0 Å². The zero-order chi connectivity index (χ0) is 12.4. The van der Waals surface area contributed by atoms with Crippen molar-refractivity contribution in [2.24, 2.45) is 0 Å². The number of halogens is 2. The van der Waals surface area contributed by atoms with Crippen molar-refractivity contribution in [3.63, 3.8) is 0 Å². The number of esters is 1. The molecule has 17 heavy (non-hydrogen) atoms. The van der Waals surface area contributed by atoms with Crippen LogP contribution in [-0.4, -0.2) is 18.6 Å². The normalized spacial score (nSPS) is 16.9. The van der Waals surface area contributed by atoms with Crippen LogP contribution >= 0.6 is 38.9 Å². The Morgan fingerprint density at radius 1 is 1.76 bits per heavy atom. The Bertz CT molecular complexity index is 400. The van der Waals surface area contributed by atoms with Crippen molar-refractivity contribution < 1.29 is 9.53 Å². The van der Waals surface area contributed by atoms with E-state index in [0.717, 1.165) is 22.2 Å². The predicted octanol–water partition coefficient (Wildman–Crippen LogP) is 3.52. The van der Waals surface area contributed by atoms with E-state index in [9.17, 15) is 4.79 Å². The van der Waals surface area contributed by atoms with Gasteiger partial charge < -0.3 is 4.74 Å². The molecular weight excluding hydrogens is 326 g/mol. The summed E-state index contributed by atoms with van der Waals surface area (Å²) in [6.07, 6.45) is 2.24. The van der Waals surface area contributed by atoms with E-state index < -0.39 is 6.04 Å². The van der Waals surface area contributed by atoms with Gasteiger partial charge in [-0.1, -0.05) is 11.6 Å². The van der Waals surface area contributed by atoms with Crippen LogP contribution in [-0.2, 0) is 9.53 Å². The molecular formula is C11H13BrClNO2S. The molecule has 94 valence electrons. The van der Waals surface area contributed by atoms with Gasteiger partial charge in [0.25, 0.3) is 0 Å². The third kappa shape index (κ3) is 3.44. The number of carbonyl (C=O) groups excluding carboxylic acids is 1. The molecule has 1 atom stereocenters. The van der Waals surface area contributed by atoms with Crippen LogP contribution < -0.4 is 5.32 Å². The summed E-state index contributed by atoms with van der Waals surface area (Å²) in [4.78, 5) is 12.8. The SMILES string of the molecule is CCOC(=O)C(NC1CC1)c1cc(Br)c(Cl)s1. The standard InChI is InChI=1S/C11H13BrClNO2S/c1-2-16-11(15)9(14-6-3-4-6)8-5-7(12)10(13)17-8/h5-6,9,14H,2-4H2,1H3. The summed E-state index contributed by atoms with van der Waals surface area (Å²) < 4.78 is 6.57. The number of carbonyl (C=O) groups is 1. The molecule has 3 nitrogen and oxygen atoms in total. The average Bonchev–Trinajstić information content (AvgIpc) is 3.03. The molecule has 1 aromatic heterocycles. The van der Waals surface area contributed by atoms with Crippen LogP contribution in [0.25, 0.3) is 0 Å². The molecule has 1 N–H and O–H groups in total. The van der Waals surface area contributed by atoms with E-state index in [4.69, 9.17) is 16.3 Å². The van der Waals surface area contributed by atoms with Crippen molar-refractivity contribution in [1.82, 2.24) is 5.32 Å². The molecule has 0 radical (unpaired) electrons. The van der Waals surface area contributed by atoms with Crippen molar-refractivity contribution in [3.05, 3.63) is 19.8 Å². The number of thiophene rings is 1. The van der Waals surface area contributed by atoms with Gasteiger partial charge in [0.15, 0.2) is 0 Å². The molecule has 1 aromatic rings. The van der Waals surface area contributed by atoms with Crippen LogP contribution in [0.2, 0.25) is 4.34 Å². The lowest BCUT2D eigenvalue weighted by atomic mass is 10.2. The maximum Gasteiger partial charge on any atom is 0.328 e. The van der Waals surface area contributed by atoms with E-state index in [1.54, 1.807) is 0 Å². The Hall–Kier alpha value is -0.100. The Morgan fingerprint density at radius 2 is 2.47 bits per heavy atom. The van der Waals surface area contributed by atoms with Crippen molar-refractivity contribution in [2.45, 2.75) is 31.8 Å². The van der Waals surface area contributed by atoms with E-state index in [0.29, 0.717) is 17.0 Å². The molecule has 1 unspecified atom stereocenters. The molecule has 1 saturated carbocycles.